The summed E-state index contributed by atoms with van der Waals surface area (Å²) in [5.74, 6) is 0.420. The van der Waals surface area contributed by atoms with Crippen molar-refractivity contribution < 1.29 is 17.9 Å². The Kier molecular flexibility index (Phi) is 7.43. The molecule has 2 N–H and O–H groups in total. The third kappa shape index (κ3) is 5.73. The largest absolute Gasteiger partial charge is 0.494 e. The summed E-state index contributed by atoms with van der Waals surface area (Å²) in [6.07, 6.45) is 0. The van der Waals surface area contributed by atoms with Crippen LogP contribution in [0.4, 0.5) is 5.69 Å². The fraction of sp³-hybridized carbons (Fsp3) is 0.269. The lowest BCUT2D eigenvalue weighted by molar-refractivity contribution is 0.0939. The number of sulfonamides is 1. The van der Waals surface area contributed by atoms with Crippen LogP contribution in [-0.2, 0) is 10.0 Å². The summed E-state index contributed by atoms with van der Waals surface area (Å²) in [6.45, 7) is 9.89. The molecule has 0 aromatic heterocycles. The zero-order valence-corrected chi connectivity index (χ0v) is 20.4. The van der Waals surface area contributed by atoms with E-state index in [1.165, 1.54) is 6.07 Å². The monoisotopic (exact) mass is 466 g/mol. The van der Waals surface area contributed by atoms with Crippen molar-refractivity contribution in [3.05, 3.63) is 88.5 Å². The number of rotatable bonds is 8. The van der Waals surface area contributed by atoms with Crippen molar-refractivity contribution in [2.45, 2.75) is 45.6 Å². The fourth-order valence-corrected chi connectivity index (χ4v) is 4.87. The first kappa shape index (κ1) is 24.3. The van der Waals surface area contributed by atoms with E-state index in [9.17, 15) is 13.2 Å². The molecule has 0 aliphatic carbocycles. The molecule has 3 rings (SSSR count). The van der Waals surface area contributed by atoms with Gasteiger partial charge in [-0.15, -0.1) is 0 Å². The van der Waals surface area contributed by atoms with Gasteiger partial charge in [0.05, 0.1) is 23.2 Å². The molecular formula is C26H30N2O4S. The van der Waals surface area contributed by atoms with E-state index in [4.69, 9.17) is 4.74 Å². The van der Waals surface area contributed by atoms with Gasteiger partial charge in [0.2, 0.25) is 0 Å². The Hall–Kier alpha value is -3.32. The molecule has 0 radical (unpaired) electrons. The molecule has 0 aliphatic rings. The van der Waals surface area contributed by atoms with E-state index in [0.29, 0.717) is 17.9 Å². The molecule has 1 atom stereocenters. The lowest BCUT2D eigenvalue weighted by Crippen LogP contribution is -2.27. The van der Waals surface area contributed by atoms with Crippen LogP contribution in [0.3, 0.4) is 0 Å². The number of hydrogen-bond donors (Lipinski definition) is 2. The molecule has 0 bridgehead atoms. The number of carbonyl (C=O) groups is 1. The minimum Gasteiger partial charge on any atom is -0.494 e. The van der Waals surface area contributed by atoms with Gasteiger partial charge in [-0.3, -0.25) is 9.52 Å². The van der Waals surface area contributed by atoms with Gasteiger partial charge in [0.25, 0.3) is 15.9 Å². The molecule has 0 heterocycles. The minimum absolute atomic E-state index is 0.0739. The molecule has 0 fully saturated rings. The third-order valence-electron chi connectivity index (χ3n) is 5.63. The number of amides is 1. The van der Waals surface area contributed by atoms with E-state index in [2.05, 4.69) is 10.0 Å². The van der Waals surface area contributed by atoms with Gasteiger partial charge in [0.1, 0.15) is 5.75 Å². The number of aryl methyl sites for hydroxylation is 2. The van der Waals surface area contributed by atoms with Crippen LogP contribution >= 0.6 is 0 Å². The van der Waals surface area contributed by atoms with Crippen LogP contribution in [0.25, 0.3) is 0 Å². The van der Waals surface area contributed by atoms with Crippen molar-refractivity contribution in [3.63, 3.8) is 0 Å². The third-order valence-corrected chi connectivity index (χ3v) is 7.14. The maximum absolute atomic E-state index is 13.1. The predicted molar refractivity (Wildman–Crippen MR) is 131 cm³/mol. The molecular weight excluding hydrogens is 436 g/mol. The summed E-state index contributed by atoms with van der Waals surface area (Å²) in [7, 11) is -3.87. The fourth-order valence-electron chi connectivity index (χ4n) is 3.47. The van der Waals surface area contributed by atoms with Gasteiger partial charge in [0.15, 0.2) is 0 Å². The highest BCUT2D eigenvalue weighted by atomic mass is 32.2. The van der Waals surface area contributed by atoms with Crippen LogP contribution in [0, 0.1) is 20.8 Å². The van der Waals surface area contributed by atoms with E-state index in [0.717, 1.165) is 22.4 Å². The molecule has 1 amide bonds. The van der Waals surface area contributed by atoms with Crippen LogP contribution in [-0.4, -0.2) is 20.9 Å². The predicted octanol–water partition coefficient (Wildman–Crippen LogP) is 5.30. The number of benzene rings is 3. The number of anilines is 1. The Labute approximate surface area is 196 Å². The molecule has 3 aromatic carbocycles. The molecule has 6 nitrogen and oxygen atoms in total. The lowest BCUT2D eigenvalue weighted by atomic mass is 10.1. The average molecular weight is 467 g/mol. The van der Waals surface area contributed by atoms with Crippen LogP contribution in [0.5, 0.6) is 5.75 Å². The quantitative estimate of drug-likeness (QED) is 0.472. The van der Waals surface area contributed by atoms with Crippen molar-refractivity contribution in [1.82, 2.24) is 5.32 Å². The van der Waals surface area contributed by atoms with Crippen LogP contribution < -0.4 is 14.8 Å². The molecule has 3 aromatic rings. The summed E-state index contributed by atoms with van der Waals surface area (Å²) in [5, 5.41) is 2.93. The first-order chi connectivity index (χ1) is 15.6. The maximum Gasteiger partial charge on any atom is 0.262 e. The van der Waals surface area contributed by atoms with Crippen molar-refractivity contribution in [2.24, 2.45) is 0 Å². The zero-order valence-electron chi connectivity index (χ0n) is 19.6. The summed E-state index contributed by atoms with van der Waals surface area (Å²) in [4.78, 5) is 13.0. The molecule has 0 spiro atoms. The van der Waals surface area contributed by atoms with Crippen molar-refractivity contribution >= 4 is 21.6 Å². The first-order valence-corrected chi connectivity index (χ1v) is 12.3. The molecule has 33 heavy (non-hydrogen) atoms. The highest BCUT2D eigenvalue weighted by Crippen LogP contribution is 2.25. The molecule has 0 aliphatic heterocycles. The molecule has 7 heteroatoms. The van der Waals surface area contributed by atoms with Crippen LogP contribution in [0.15, 0.2) is 65.6 Å². The second kappa shape index (κ2) is 10.1. The van der Waals surface area contributed by atoms with Gasteiger partial charge in [-0.25, -0.2) is 8.42 Å². The summed E-state index contributed by atoms with van der Waals surface area (Å²) < 4.78 is 34.4. The van der Waals surface area contributed by atoms with Crippen molar-refractivity contribution in [2.75, 3.05) is 11.3 Å². The minimum atomic E-state index is -3.87. The zero-order chi connectivity index (χ0) is 24.2. The second-order valence-corrected chi connectivity index (χ2v) is 9.68. The summed E-state index contributed by atoms with van der Waals surface area (Å²) in [5.41, 5.74) is 4.13. The van der Waals surface area contributed by atoms with Crippen LogP contribution in [0.1, 0.15) is 52.5 Å². The molecule has 0 saturated carbocycles. The number of carbonyl (C=O) groups excluding carboxylic acids is 1. The SMILES string of the molecule is CCOc1ccc(C(C)NC(=O)c2ccc(C)c(S(=O)(=O)Nc3cccc(C)c3C)c2)cc1. The highest BCUT2D eigenvalue weighted by molar-refractivity contribution is 7.92. The van der Waals surface area contributed by atoms with Crippen LogP contribution in [0.2, 0.25) is 0 Å². The van der Waals surface area contributed by atoms with E-state index in [-0.39, 0.29) is 22.4 Å². The van der Waals surface area contributed by atoms with E-state index >= 15 is 0 Å². The van der Waals surface area contributed by atoms with E-state index in [1.807, 2.05) is 58.0 Å². The topological polar surface area (TPSA) is 84.5 Å². The Morgan fingerprint density at radius 2 is 1.67 bits per heavy atom. The van der Waals surface area contributed by atoms with E-state index < -0.39 is 10.0 Å². The standard InChI is InChI=1S/C26H30N2O4S/c1-6-32-23-14-12-21(13-15-23)20(5)27-26(29)22-11-10-18(3)25(16-22)33(30,31)28-24-9-7-8-17(2)19(24)4/h7-16,20,28H,6H2,1-5H3,(H,27,29). The van der Waals surface area contributed by atoms with Gasteiger partial charge < -0.3 is 10.1 Å². The summed E-state index contributed by atoms with van der Waals surface area (Å²) >= 11 is 0. The highest BCUT2D eigenvalue weighted by Gasteiger charge is 2.21. The Morgan fingerprint density at radius 3 is 2.33 bits per heavy atom. The Morgan fingerprint density at radius 1 is 0.970 bits per heavy atom. The average Bonchev–Trinajstić information content (AvgIpc) is 2.77. The Balaban J connectivity index is 1.81. The van der Waals surface area contributed by atoms with Gasteiger partial charge in [-0.1, -0.05) is 30.3 Å². The van der Waals surface area contributed by atoms with Gasteiger partial charge in [-0.2, -0.15) is 0 Å². The Bertz CT molecular complexity index is 1250. The lowest BCUT2D eigenvalue weighted by Gasteiger charge is -2.17. The van der Waals surface area contributed by atoms with Gasteiger partial charge in [0, 0.05) is 5.56 Å². The second-order valence-electron chi connectivity index (χ2n) is 8.03. The van der Waals surface area contributed by atoms with Gasteiger partial charge >= 0.3 is 0 Å². The molecule has 1 unspecified atom stereocenters. The van der Waals surface area contributed by atoms with E-state index in [1.54, 1.807) is 31.2 Å². The molecule has 174 valence electrons. The normalized spacial score (nSPS) is 12.2. The summed E-state index contributed by atoms with van der Waals surface area (Å²) in [6, 6.07) is 17.4. The number of hydrogen-bond acceptors (Lipinski definition) is 4. The smallest absolute Gasteiger partial charge is 0.262 e. The maximum atomic E-state index is 13.1. The number of nitrogens with one attached hydrogen (secondary N) is 2. The van der Waals surface area contributed by atoms with Crippen molar-refractivity contribution in [3.8, 4) is 5.75 Å². The van der Waals surface area contributed by atoms with Gasteiger partial charge in [-0.05, 0) is 87.2 Å². The number of ether oxygens (including phenoxy) is 1. The van der Waals surface area contributed by atoms with Crippen molar-refractivity contribution in [1.29, 1.82) is 0 Å². The molecule has 0 saturated heterocycles. The first-order valence-electron chi connectivity index (χ1n) is 10.9.